The summed E-state index contributed by atoms with van der Waals surface area (Å²) >= 11 is 5.92. The number of anilines is 2. The van der Waals surface area contributed by atoms with Gasteiger partial charge in [-0.3, -0.25) is 14.6 Å². The molecule has 0 fully saturated rings. The Kier molecular flexibility index (Phi) is 5.61. The van der Waals surface area contributed by atoms with Crippen LogP contribution in [0.25, 0.3) is 0 Å². The zero-order valence-electron chi connectivity index (χ0n) is 13.8. The number of pyridine rings is 1. The predicted octanol–water partition coefficient (Wildman–Crippen LogP) is 4.17. The maximum atomic E-state index is 12.1. The summed E-state index contributed by atoms with van der Waals surface area (Å²) in [7, 11) is 0. The van der Waals surface area contributed by atoms with E-state index in [1.54, 1.807) is 54.7 Å². The van der Waals surface area contributed by atoms with Crippen LogP contribution < -0.4 is 10.6 Å². The largest absolute Gasteiger partial charge is 0.326 e. The van der Waals surface area contributed by atoms with Gasteiger partial charge in [-0.05, 0) is 54.1 Å². The summed E-state index contributed by atoms with van der Waals surface area (Å²) in [5.74, 6) is -0.379. The van der Waals surface area contributed by atoms with Crippen molar-refractivity contribution in [2.24, 2.45) is 0 Å². The molecule has 0 aliphatic rings. The van der Waals surface area contributed by atoms with Crippen LogP contribution in [0, 0.1) is 0 Å². The molecule has 0 saturated carbocycles. The van der Waals surface area contributed by atoms with E-state index in [9.17, 15) is 9.59 Å². The van der Waals surface area contributed by atoms with E-state index in [0.29, 0.717) is 22.0 Å². The highest BCUT2D eigenvalue weighted by Gasteiger charge is 2.07. The van der Waals surface area contributed by atoms with Crippen molar-refractivity contribution in [3.63, 3.8) is 0 Å². The zero-order valence-corrected chi connectivity index (χ0v) is 14.5. The summed E-state index contributed by atoms with van der Waals surface area (Å²) < 4.78 is 0. The van der Waals surface area contributed by atoms with E-state index in [1.165, 1.54) is 6.20 Å². The molecule has 5 nitrogen and oxygen atoms in total. The minimum absolute atomic E-state index is 0.139. The minimum atomic E-state index is -0.240. The summed E-state index contributed by atoms with van der Waals surface area (Å²) in [5, 5.41) is 6.20. The molecule has 0 aliphatic carbocycles. The van der Waals surface area contributed by atoms with Crippen LogP contribution in [0.5, 0.6) is 0 Å². The molecule has 0 radical (unpaired) electrons. The third kappa shape index (κ3) is 4.91. The molecule has 0 aliphatic heterocycles. The van der Waals surface area contributed by atoms with E-state index in [1.807, 2.05) is 12.1 Å². The number of halogens is 1. The number of hydrogen-bond donors (Lipinski definition) is 2. The second-order valence-corrected chi connectivity index (χ2v) is 6.06. The zero-order chi connectivity index (χ0) is 18.4. The first kappa shape index (κ1) is 17.6. The van der Waals surface area contributed by atoms with Gasteiger partial charge in [-0.25, -0.2) is 0 Å². The van der Waals surface area contributed by atoms with Gasteiger partial charge in [-0.15, -0.1) is 0 Å². The lowest BCUT2D eigenvalue weighted by Gasteiger charge is -2.08. The van der Waals surface area contributed by atoms with E-state index in [0.717, 1.165) is 5.56 Å². The van der Waals surface area contributed by atoms with Gasteiger partial charge in [0, 0.05) is 28.8 Å². The lowest BCUT2D eigenvalue weighted by Crippen LogP contribution is -2.15. The average molecular weight is 366 g/mol. The van der Waals surface area contributed by atoms with Gasteiger partial charge in [0.2, 0.25) is 5.91 Å². The quantitative estimate of drug-likeness (QED) is 0.712. The monoisotopic (exact) mass is 365 g/mol. The minimum Gasteiger partial charge on any atom is -0.326 e. The van der Waals surface area contributed by atoms with Crippen LogP contribution in [0.3, 0.4) is 0 Å². The van der Waals surface area contributed by atoms with Gasteiger partial charge in [0.15, 0.2) is 0 Å². The van der Waals surface area contributed by atoms with E-state index < -0.39 is 0 Å². The number of nitrogens with one attached hydrogen (secondary N) is 2. The fraction of sp³-hybridized carbons (Fsp3) is 0.0500. The fourth-order valence-corrected chi connectivity index (χ4v) is 2.59. The molecule has 2 amide bonds. The molecule has 6 heteroatoms. The molecular formula is C20H16ClN3O2. The molecule has 1 heterocycles. The molecular weight excluding hydrogens is 350 g/mol. The maximum absolute atomic E-state index is 12.1. The molecule has 2 N–H and O–H groups in total. The van der Waals surface area contributed by atoms with Gasteiger partial charge < -0.3 is 10.6 Å². The van der Waals surface area contributed by atoms with Crippen LogP contribution >= 0.6 is 11.6 Å². The van der Waals surface area contributed by atoms with Gasteiger partial charge in [-0.2, -0.15) is 0 Å². The molecule has 26 heavy (non-hydrogen) atoms. The van der Waals surface area contributed by atoms with E-state index >= 15 is 0 Å². The van der Waals surface area contributed by atoms with Crippen LogP contribution in [-0.2, 0) is 11.2 Å². The molecule has 1 aromatic heterocycles. The van der Waals surface area contributed by atoms with Crippen LogP contribution in [0.1, 0.15) is 15.9 Å². The second kappa shape index (κ2) is 8.27. The average Bonchev–Trinajstić information content (AvgIpc) is 2.64. The molecule has 3 rings (SSSR count). The molecule has 2 aromatic carbocycles. The smallest absolute Gasteiger partial charge is 0.257 e. The lowest BCUT2D eigenvalue weighted by atomic mass is 10.1. The van der Waals surface area contributed by atoms with E-state index in [2.05, 4.69) is 15.6 Å². The Balaban J connectivity index is 1.57. The Hall–Kier alpha value is -3.18. The Morgan fingerprint density at radius 3 is 2.31 bits per heavy atom. The van der Waals surface area contributed by atoms with Crippen molar-refractivity contribution in [3.8, 4) is 0 Å². The molecule has 0 bridgehead atoms. The van der Waals surface area contributed by atoms with Crippen molar-refractivity contribution < 1.29 is 9.59 Å². The first-order valence-electron chi connectivity index (χ1n) is 7.96. The number of benzene rings is 2. The summed E-state index contributed by atoms with van der Waals surface area (Å²) in [5.41, 5.74) is 2.60. The molecule has 0 spiro atoms. The Bertz CT molecular complexity index is 912. The van der Waals surface area contributed by atoms with Crippen molar-refractivity contribution in [1.29, 1.82) is 0 Å². The first-order chi connectivity index (χ1) is 12.6. The highest BCUT2D eigenvalue weighted by molar-refractivity contribution is 6.30. The van der Waals surface area contributed by atoms with Crippen molar-refractivity contribution in [2.45, 2.75) is 6.42 Å². The molecule has 0 atom stereocenters. The Morgan fingerprint density at radius 2 is 1.65 bits per heavy atom. The first-order valence-corrected chi connectivity index (χ1v) is 8.34. The summed E-state index contributed by atoms with van der Waals surface area (Å²) in [6, 6.07) is 17.5. The lowest BCUT2D eigenvalue weighted by molar-refractivity contribution is -0.115. The van der Waals surface area contributed by atoms with E-state index in [-0.39, 0.29) is 18.2 Å². The van der Waals surface area contributed by atoms with Gasteiger partial charge in [0.05, 0.1) is 12.0 Å². The normalized spacial score (nSPS) is 10.2. The number of rotatable bonds is 5. The van der Waals surface area contributed by atoms with Crippen LogP contribution in [0.4, 0.5) is 11.4 Å². The van der Waals surface area contributed by atoms with Gasteiger partial charge in [0.25, 0.3) is 5.91 Å². The van der Waals surface area contributed by atoms with Crippen LogP contribution in [0.2, 0.25) is 5.02 Å². The topological polar surface area (TPSA) is 71.1 Å². The standard InChI is InChI=1S/C20H16ClN3O2/c21-16-5-1-3-14(11-16)12-19(25)23-17-6-8-18(9-7-17)24-20(26)15-4-2-10-22-13-15/h1-11,13H,12H2,(H,23,25)(H,24,26). The van der Waals surface area contributed by atoms with Gasteiger partial charge >= 0.3 is 0 Å². The third-order valence-electron chi connectivity index (χ3n) is 3.60. The SMILES string of the molecule is O=C(Cc1cccc(Cl)c1)Nc1ccc(NC(=O)c2cccnc2)cc1. The Morgan fingerprint density at radius 1 is 0.923 bits per heavy atom. The maximum Gasteiger partial charge on any atom is 0.257 e. The number of nitrogens with zero attached hydrogens (tertiary/aromatic N) is 1. The third-order valence-corrected chi connectivity index (χ3v) is 3.84. The highest BCUT2D eigenvalue weighted by atomic mass is 35.5. The summed E-state index contributed by atoms with van der Waals surface area (Å²) in [6.45, 7) is 0. The van der Waals surface area contributed by atoms with Crippen molar-refractivity contribution in [1.82, 2.24) is 4.98 Å². The van der Waals surface area contributed by atoms with Crippen LogP contribution in [0.15, 0.2) is 73.1 Å². The molecule has 0 unspecified atom stereocenters. The predicted molar refractivity (Wildman–Crippen MR) is 102 cm³/mol. The highest BCUT2D eigenvalue weighted by Crippen LogP contribution is 2.16. The second-order valence-electron chi connectivity index (χ2n) is 5.63. The van der Waals surface area contributed by atoms with Gasteiger partial charge in [-0.1, -0.05) is 23.7 Å². The number of carbonyl (C=O) groups is 2. The number of amides is 2. The van der Waals surface area contributed by atoms with Crippen molar-refractivity contribution >= 4 is 34.8 Å². The van der Waals surface area contributed by atoms with Crippen LogP contribution in [-0.4, -0.2) is 16.8 Å². The van der Waals surface area contributed by atoms with Crippen molar-refractivity contribution in [3.05, 3.63) is 89.2 Å². The number of hydrogen-bond acceptors (Lipinski definition) is 3. The summed E-state index contributed by atoms with van der Waals surface area (Å²) in [6.07, 6.45) is 3.34. The van der Waals surface area contributed by atoms with Gasteiger partial charge in [0.1, 0.15) is 0 Å². The van der Waals surface area contributed by atoms with Crippen molar-refractivity contribution in [2.75, 3.05) is 10.6 Å². The summed E-state index contributed by atoms with van der Waals surface area (Å²) in [4.78, 5) is 28.1. The van der Waals surface area contributed by atoms with E-state index in [4.69, 9.17) is 11.6 Å². The fourth-order valence-electron chi connectivity index (χ4n) is 2.37. The molecule has 3 aromatic rings. The number of aromatic nitrogens is 1. The Labute approximate surface area is 156 Å². The molecule has 130 valence electrons. The molecule has 0 saturated heterocycles. The number of carbonyl (C=O) groups excluding carboxylic acids is 2.